The van der Waals surface area contributed by atoms with Crippen molar-refractivity contribution in [1.82, 2.24) is 10.0 Å². The summed E-state index contributed by atoms with van der Waals surface area (Å²) in [6.45, 7) is 0. The molecule has 0 aliphatic heterocycles. The molecule has 15 heavy (non-hydrogen) atoms. The fourth-order valence-electron chi connectivity index (χ4n) is 1.13. The van der Waals surface area contributed by atoms with Gasteiger partial charge in [0.1, 0.15) is 0 Å². The highest BCUT2D eigenvalue weighted by molar-refractivity contribution is 7.89. The van der Waals surface area contributed by atoms with Gasteiger partial charge in [-0.2, -0.15) is 0 Å². The molecule has 1 aromatic rings. The minimum atomic E-state index is -3.59. The zero-order valence-corrected chi connectivity index (χ0v) is 9.26. The summed E-state index contributed by atoms with van der Waals surface area (Å²) in [5.74, 6) is -0.426. The number of carbonyl (C=O) groups excluding carboxylic acids is 1. The SMILES string of the molecule is CNC(=O)c1ccccc1S(=O)(=O)NC. The van der Waals surface area contributed by atoms with Crippen molar-refractivity contribution >= 4 is 15.9 Å². The minimum Gasteiger partial charge on any atom is -0.355 e. The number of hydrogen-bond acceptors (Lipinski definition) is 3. The smallest absolute Gasteiger partial charge is 0.252 e. The summed E-state index contributed by atoms with van der Waals surface area (Å²) in [5.41, 5.74) is 0.134. The molecule has 0 spiro atoms. The molecule has 6 heteroatoms. The molecule has 5 nitrogen and oxygen atoms in total. The lowest BCUT2D eigenvalue weighted by Gasteiger charge is -2.07. The lowest BCUT2D eigenvalue weighted by molar-refractivity contribution is 0.0960. The van der Waals surface area contributed by atoms with Crippen molar-refractivity contribution < 1.29 is 13.2 Å². The molecule has 0 atom stereocenters. The third-order valence-corrected chi connectivity index (χ3v) is 3.39. The van der Waals surface area contributed by atoms with Crippen molar-refractivity contribution in [2.75, 3.05) is 14.1 Å². The first-order valence-electron chi connectivity index (χ1n) is 4.27. The van der Waals surface area contributed by atoms with E-state index in [9.17, 15) is 13.2 Å². The van der Waals surface area contributed by atoms with Gasteiger partial charge < -0.3 is 5.32 Å². The highest BCUT2D eigenvalue weighted by atomic mass is 32.2. The Labute approximate surface area is 88.5 Å². The van der Waals surface area contributed by atoms with Gasteiger partial charge in [0.15, 0.2) is 0 Å². The number of benzene rings is 1. The Bertz CT molecular complexity index is 468. The van der Waals surface area contributed by atoms with Crippen LogP contribution in [0.15, 0.2) is 29.2 Å². The maximum absolute atomic E-state index is 11.6. The van der Waals surface area contributed by atoms with Gasteiger partial charge >= 0.3 is 0 Å². The molecule has 0 unspecified atom stereocenters. The summed E-state index contributed by atoms with van der Waals surface area (Å²) in [6, 6.07) is 6.02. The first-order chi connectivity index (χ1) is 7.03. The van der Waals surface area contributed by atoms with E-state index in [0.29, 0.717) is 0 Å². The number of amides is 1. The zero-order chi connectivity index (χ0) is 11.5. The van der Waals surface area contributed by atoms with E-state index in [0.717, 1.165) is 0 Å². The maximum atomic E-state index is 11.6. The number of rotatable bonds is 3. The van der Waals surface area contributed by atoms with Gasteiger partial charge in [-0.3, -0.25) is 4.79 Å². The van der Waals surface area contributed by atoms with Crippen LogP contribution in [0, 0.1) is 0 Å². The topological polar surface area (TPSA) is 75.3 Å². The van der Waals surface area contributed by atoms with Crippen LogP contribution in [0.1, 0.15) is 10.4 Å². The first kappa shape index (κ1) is 11.7. The van der Waals surface area contributed by atoms with Gasteiger partial charge in [-0.25, -0.2) is 13.1 Å². The van der Waals surface area contributed by atoms with Crippen LogP contribution in [0.5, 0.6) is 0 Å². The second-order valence-electron chi connectivity index (χ2n) is 2.78. The van der Waals surface area contributed by atoms with Crippen molar-refractivity contribution in [3.63, 3.8) is 0 Å². The summed E-state index contributed by atoms with van der Waals surface area (Å²) in [4.78, 5) is 11.4. The Balaban J connectivity index is 3.37. The normalized spacial score (nSPS) is 11.1. The van der Waals surface area contributed by atoms with E-state index in [-0.39, 0.29) is 10.5 Å². The number of sulfonamides is 1. The van der Waals surface area contributed by atoms with Crippen LogP contribution in [0.2, 0.25) is 0 Å². The monoisotopic (exact) mass is 228 g/mol. The molecule has 0 saturated carbocycles. The van der Waals surface area contributed by atoms with E-state index in [2.05, 4.69) is 10.0 Å². The van der Waals surface area contributed by atoms with Crippen molar-refractivity contribution in [3.05, 3.63) is 29.8 Å². The molecule has 1 aromatic carbocycles. The summed E-state index contributed by atoms with van der Waals surface area (Å²) in [6.07, 6.45) is 0. The van der Waals surface area contributed by atoms with Crippen LogP contribution in [-0.4, -0.2) is 28.4 Å². The standard InChI is InChI=1S/C9H12N2O3S/c1-10-9(12)7-5-3-4-6-8(7)15(13,14)11-2/h3-6,11H,1-2H3,(H,10,12). The summed E-state index contributed by atoms with van der Waals surface area (Å²) >= 11 is 0. The van der Waals surface area contributed by atoms with Crippen LogP contribution in [0.25, 0.3) is 0 Å². The third kappa shape index (κ3) is 2.34. The summed E-state index contributed by atoms with van der Waals surface area (Å²) < 4.78 is 25.3. The van der Waals surface area contributed by atoms with Gasteiger partial charge in [0.05, 0.1) is 10.5 Å². The van der Waals surface area contributed by atoms with E-state index < -0.39 is 15.9 Å². The van der Waals surface area contributed by atoms with Gasteiger partial charge in [0, 0.05) is 7.05 Å². The highest BCUT2D eigenvalue weighted by Crippen LogP contribution is 2.14. The Morgan fingerprint density at radius 3 is 2.33 bits per heavy atom. The van der Waals surface area contributed by atoms with Gasteiger partial charge in [-0.15, -0.1) is 0 Å². The van der Waals surface area contributed by atoms with Crippen LogP contribution >= 0.6 is 0 Å². The van der Waals surface area contributed by atoms with E-state index in [1.807, 2.05) is 0 Å². The molecule has 0 saturated heterocycles. The number of carbonyl (C=O) groups is 1. The largest absolute Gasteiger partial charge is 0.355 e. The minimum absolute atomic E-state index is 0.0214. The van der Waals surface area contributed by atoms with Crippen molar-refractivity contribution in [3.8, 4) is 0 Å². The van der Waals surface area contributed by atoms with Crippen LogP contribution in [0.4, 0.5) is 0 Å². The van der Waals surface area contributed by atoms with E-state index in [4.69, 9.17) is 0 Å². The predicted octanol–water partition coefficient (Wildman–Crippen LogP) is -0.0457. The van der Waals surface area contributed by atoms with Crippen molar-refractivity contribution in [1.29, 1.82) is 0 Å². The third-order valence-electron chi connectivity index (χ3n) is 1.92. The van der Waals surface area contributed by atoms with E-state index >= 15 is 0 Å². The fraction of sp³-hybridized carbons (Fsp3) is 0.222. The lowest BCUT2D eigenvalue weighted by atomic mass is 10.2. The number of nitrogens with one attached hydrogen (secondary N) is 2. The molecule has 0 radical (unpaired) electrons. The molecule has 0 aromatic heterocycles. The molecule has 1 rings (SSSR count). The number of hydrogen-bond donors (Lipinski definition) is 2. The van der Waals surface area contributed by atoms with Gasteiger partial charge in [-0.05, 0) is 19.2 Å². The molecule has 1 amide bonds. The van der Waals surface area contributed by atoms with Crippen LogP contribution in [-0.2, 0) is 10.0 Å². The average molecular weight is 228 g/mol. The van der Waals surface area contributed by atoms with E-state index in [1.54, 1.807) is 12.1 Å². The van der Waals surface area contributed by atoms with Crippen LogP contribution in [0.3, 0.4) is 0 Å². The van der Waals surface area contributed by atoms with Crippen molar-refractivity contribution in [2.45, 2.75) is 4.90 Å². The average Bonchev–Trinajstić information content (AvgIpc) is 2.28. The lowest BCUT2D eigenvalue weighted by Crippen LogP contribution is -2.25. The van der Waals surface area contributed by atoms with Gasteiger partial charge in [-0.1, -0.05) is 12.1 Å². The molecule has 0 bridgehead atoms. The Kier molecular flexibility index (Phi) is 3.43. The fourth-order valence-corrected chi connectivity index (χ4v) is 2.06. The zero-order valence-electron chi connectivity index (χ0n) is 8.44. The molecule has 0 heterocycles. The van der Waals surface area contributed by atoms with Gasteiger partial charge in [0.2, 0.25) is 10.0 Å². The van der Waals surface area contributed by atoms with Crippen molar-refractivity contribution in [2.24, 2.45) is 0 Å². The van der Waals surface area contributed by atoms with Crippen LogP contribution < -0.4 is 10.0 Å². The molecule has 0 aliphatic carbocycles. The Morgan fingerprint density at radius 2 is 1.80 bits per heavy atom. The first-order valence-corrected chi connectivity index (χ1v) is 5.76. The Hall–Kier alpha value is -1.40. The summed E-state index contributed by atoms with van der Waals surface area (Å²) in [5, 5.41) is 2.39. The highest BCUT2D eigenvalue weighted by Gasteiger charge is 2.19. The van der Waals surface area contributed by atoms with E-state index in [1.165, 1.54) is 26.2 Å². The molecule has 0 fully saturated rings. The van der Waals surface area contributed by atoms with Gasteiger partial charge in [0.25, 0.3) is 5.91 Å². The molecule has 82 valence electrons. The quantitative estimate of drug-likeness (QED) is 0.762. The molecule has 2 N–H and O–H groups in total. The molecular formula is C9H12N2O3S. The maximum Gasteiger partial charge on any atom is 0.252 e. The molecular weight excluding hydrogens is 216 g/mol. The summed E-state index contributed by atoms with van der Waals surface area (Å²) in [7, 11) is -0.844. The second kappa shape index (κ2) is 4.41. The predicted molar refractivity (Wildman–Crippen MR) is 56.1 cm³/mol. The second-order valence-corrected chi connectivity index (χ2v) is 4.64. The Morgan fingerprint density at radius 1 is 1.20 bits per heavy atom. The molecule has 0 aliphatic rings.